The number of amides is 1. The number of alkyl halides is 1. The minimum Gasteiger partial charge on any atom is -0.361 e. The molecule has 1 N–H and O–H groups in total. The number of nitrogens with one attached hydrogen (secondary N) is 1. The lowest BCUT2D eigenvalue weighted by atomic mass is 10.1. The van der Waals surface area contributed by atoms with Crippen molar-refractivity contribution in [1.82, 2.24) is 15.4 Å². The second kappa shape index (κ2) is 7.44. The van der Waals surface area contributed by atoms with Crippen LogP contribution >= 0.6 is 11.3 Å². The molecule has 0 bridgehead atoms. The van der Waals surface area contributed by atoms with Crippen LogP contribution in [-0.2, 0) is 17.8 Å². The Balaban J connectivity index is 1.56. The number of nitrogens with zero attached hydrogens (tertiary/aromatic N) is 2. The Kier molecular flexibility index (Phi) is 5.30. The zero-order valence-electron chi connectivity index (χ0n) is 13.9. The third-order valence-corrected chi connectivity index (χ3v) is 5.35. The van der Waals surface area contributed by atoms with E-state index in [0.717, 1.165) is 21.9 Å². The van der Waals surface area contributed by atoms with Gasteiger partial charge in [-0.2, -0.15) is 0 Å². The number of rotatable bonds is 6. The predicted molar refractivity (Wildman–Crippen MR) is 90.7 cm³/mol. The van der Waals surface area contributed by atoms with E-state index in [4.69, 9.17) is 4.52 Å². The average Bonchev–Trinajstić information content (AvgIpc) is 3.23. The third kappa shape index (κ3) is 4.02. The van der Waals surface area contributed by atoms with Gasteiger partial charge in [-0.15, -0.1) is 11.3 Å². The van der Waals surface area contributed by atoms with Gasteiger partial charge in [0.25, 0.3) is 0 Å². The predicted octanol–water partition coefficient (Wildman–Crippen LogP) is 2.62. The van der Waals surface area contributed by atoms with Gasteiger partial charge in [-0.25, -0.2) is 4.39 Å². The molecule has 2 aromatic rings. The highest BCUT2D eigenvalue weighted by molar-refractivity contribution is 7.10. The molecule has 3 rings (SSSR count). The Hall–Kier alpha value is -1.73. The first-order valence-electron chi connectivity index (χ1n) is 8.12. The molecule has 1 fully saturated rings. The Labute approximate surface area is 144 Å². The number of likely N-dealkylation sites (tertiary alicyclic amines) is 1. The smallest absolute Gasteiger partial charge is 0.225 e. The lowest BCUT2D eigenvalue weighted by Crippen LogP contribution is -2.40. The zero-order valence-corrected chi connectivity index (χ0v) is 14.7. The number of halogens is 1. The molecule has 1 aliphatic rings. The van der Waals surface area contributed by atoms with Gasteiger partial charge in [0, 0.05) is 36.1 Å². The summed E-state index contributed by atoms with van der Waals surface area (Å²) >= 11 is 1.57. The summed E-state index contributed by atoms with van der Waals surface area (Å²) in [6, 6.07) is 3.88. The molecular formula is C17H22FN3O2S. The molecule has 24 heavy (non-hydrogen) atoms. The summed E-state index contributed by atoms with van der Waals surface area (Å²) in [7, 11) is 0. The highest BCUT2D eigenvalue weighted by atomic mass is 32.1. The lowest BCUT2D eigenvalue weighted by Gasteiger charge is -2.24. The summed E-state index contributed by atoms with van der Waals surface area (Å²) in [4.78, 5) is 15.1. The Morgan fingerprint density at radius 1 is 1.54 bits per heavy atom. The molecule has 7 heteroatoms. The fourth-order valence-electron chi connectivity index (χ4n) is 3.12. The molecule has 1 saturated heterocycles. The summed E-state index contributed by atoms with van der Waals surface area (Å²) in [6.45, 7) is 5.22. The topological polar surface area (TPSA) is 58.4 Å². The number of aryl methyl sites for hydroxylation is 2. The minimum atomic E-state index is -0.857. The molecule has 0 saturated carbocycles. The first-order chi connectivity index (χ1) is 11.5. The van der Waals surface area contributed by atoms with E-state index in [1.54, 1.807) is 11.3 Å². The summed E-state index contributed by atoms with van der Waals surface area (Å²) in [5.74, 6) is 0.757. The van der Waals surface area contributed by atoms with Gasteiger partial charge in [-0.05, 0) is 31.7 Å². The maximum absolute atomic E-state index is 13.9. The van der Waals surface area contributed by atoms with Gasteiger partial charge in [-0.1, -0.05) is 11.2 Å². The Bertz CT molecular complexity index is 667. The van der Waals surface area contributed by atoms with Gasteiger partial charge >= 0.3 is 0 Å². The van der Waals surface area contributed by atoms with Crippen molar-refractivity contribution in [3.63, 3.8) is 0 Å². The van der Waals surface area contributed by atoms with Gasteiger partial charge in [-0.3, -0.25) is 9.69 Å². The molecule has 2 aromatic heterocycles. The van der Waals surface area contributed by atoms with E-state index in [1.807, 2.05) is 31.4 Å². The van der Waals surface area contributed by atoms with Crippen LogP contribution in [0.25, 0.3) is 0 Å². The van der Waals surface area contributed by atoms with Crippen LogP contribution in [0.3, 0.4) is 0 Å². The van der Waals surface area contributed by atoms with Gasteiger partial charge in [0.1, 0.15) is 11.9 Å². The van der Waals surface area contributed by atoms with Crippen molar-refractivity contribution in [2.75, 3.05) is 13.1 Å². The zero-order chi connectivity index (χ0) is 17.1. The van der Waals surface area contributed by atoms with E-state index in [-0.39, 0.29) is 11.9 Å². The third-order valence-electron chi connectivity index (χ3n) is 4.47. The van der Waals surface area contributed by atoms with Gasteiger partial charge < -0.3 is 9.84 Å². The van der Waals surface area contributed by atoms with Crippen LogP contribution in [0.15, 0.2) is 22.0 Å². The highest BCUT2D eigenvalue weighted by Crippen LogP contribution is 2.24. The normalized spacial score (nSPS) is 21.3. The number of hydrogen-bond donors (Lipinski definition) is 1. The lowest BCUT2D eigenvalue weighted by molar-refractivity contribution is -0.120. The first kappa shape index (κ1) is 17.1. The minimum absolute atomic E-state index is 0.000913. The fraction of sp³-hybridized carbons (Fsp3) is 0.529. The standard InChI is InChI=1S/C17H22FN3O2S/c1-11-16(12(2)23-20-11)10-21-9-13(18)6-14(21)8-19-17(22)7-15-4-3-5-24-15/h3-5,13-14H,6-10H2,1-2H3,(H,19,22)/t13-,14-/m0/s1. The molecule has 0 aliphatic carbocycles. The van der Waals surface area contributed by atoms with Crippen molar-refractivity contribution in [3.8, 4) is 0 Å². The molecule has 1 aliphatic heterocycles. The quantitative estimate of drug-likeness (QED) is 0.869. The number of aromatic nitrogens is 1. The van der Waals surface area contributed by atoms with Crippen LogP contribution in [-0.4, -0.2) is 41.3 Å². The highest BCUT2D eigenvalue weighted by Gasteiger charge is 2.33. The summed E-state index contributed by atoms with van der Waals surface area (Å²) in [5, 5.41) is 8.85. The first-order valence-corrected chi connectivity index (χ1v) is 9.00. The molecule has 1 amide bonds. The van der Waals surface area contributed by atoms with E-state index < -0.39 is 6.17 Å². The van der Waals surface area contributed by atoms with Crippen LogP contribution in [0.2, 0.25) is 0 Å². The van der Waals surface area contributed by atoms with Crippen molar-refractivity contribution < 1.29 is 13.7 Å². The second-order valence-electron chi connectivity index (χ2n) is 6.28. The molecule has 2 atom stereocenters. The fourth-order valence-corrected chi connectivity index (χ4v) is 3.83. The van der Waals surface area contributed by atoms with Crippen molar-refractivity contribution in [2.24, 2.45) is 0 Å². The monoisotopic (exact) mass is 351 g/mol. The molecule has 0 unspecified atom stereocenters. The van der Waals surface area contributed by atoms with Crippen molar-refractivity contribution in [3.05, 3.63) is 39.4 Å². The van der Waals surface area contributed by atoms with E-state index in [1.165, 1.54) is 0 Å². The van der Waals surface area contributed by atoms with Crippen LogP contribution < -0.4 is 5.32 Å². The average molecular weight is 351 g/mol. The van der Waals surface area contributed by atoms with E-state index in [0.29, 0.717) is 32.5 Å². The summed E-state index contributed by atoms with van der Waals surface area (Å²) < 4.78 is 19.1. The molecule has 130 valence electrons. The van der Waals surface area contributed by atoms with Crippen molar-refractivity contribution in [1.29, 1.82) is 0 Å². The molecule has 0 aromatic carbocycles. The van der Waals surface area contributed by atoms with Crippen LogP contribution in [0.4, 0.5) is 4.39 Å². The number of hydrogen-bond acceptors (Lipinski definition) is 5. The van der Waals surface area contributed by atoms with Gasteiger partial charge in [0.05, 0.1) is 12.1 Å². The molecule has 0 radical (unpaired) electrons. The summed E-state index contributed by atoms with van der Waals surface area (Å²) in [5.41, 5.74) is 1.86. The second-order valence-corrected chi connectivity index (χ2v) is 7.31. The Morgan fingerprint density at radius 2 is 2.38 bits per heavy atom. The summed E-state index contributed by atoms with van der Waals surface area (Å²) in [6.07, 6.45) is -0.0275. The van der Waals surface area contributed by atoms with Crippen molar-refractivity contribution >= 4 is 17.2 Å². The van der Waals surface area contributed by atoms with E-state index in [9.17, 15) is 9.18 Å². The maximum Gasteiger partial charge on any atom is 0.225 e. The van der Waals surface area contributed by atoms with E-state index in [2.05, 4.69) is 15.4 Å². The van der Waals surface area contributed by atoms with Crippen LogP contribution in [0.5, 0.6) is 0 Å². The number of carbonyl (C=O) groups excluding carboxylic acids is 1. The van der Waals surface area contributed by atoms with Crippen LogP contribution in [0.1, 0.15) is 28.3 Å². The number of carbonyl (C=O) groups is 1. The van der Waals surface area contributed by atoms with Crippen LogP contribution in [0, 0.1) is 13.8 Å². The van der Waals surface area contributed by atoms with E-state index >= 15 is 0 Å². The van der Waals surface area contributed by atoms with Crippen molar-refractivity contribution in [2.45, 2.75) is 45.4 Å². The Morgan fingerprint density at radius 3 is 3.04 bits per heavy atom. The molecule has 3 heterocycles. The van der Waals surface area contributed by atoms with Gasteiger partial charge in [0.15, 0.2) is 0 Å². The SMILES string of the molecule is Cc1noc(C)c1CN1C[C@@H](F)C[C@H]1CNC(=O)Cc1cccs1. The number of thiophene rings is 1. The molecular weight excluding hydrogens is 329 g/mol. The molecule has 5 nitrogen and oxygen atoms in total. The van der Waals surface area contributed by atoms with Gasteiger partial charge in [0.2, 0.25) is 5.91 Å². The maximum atomic E-state index is 13.9. The molecule has 0 spiro atoms. The largest absolute Gasteiger partial charge is 0.361 e.